The number of thiazole rings is 1. The molecule has 192 valence electrons. The zero-order valence-electron chi connectivity index (χ0n) is 19.6. The van der Waals surface area contributed by atoms with Crippen LogP contribution in [0.15, 0.2) is 27.7 Å². The minimum Gasteiger partial charge on any atom is -0.465 e. The first-order chi connectivity index (χ1) is 17.1. The standard InChI is InChI=1S/C23H24BrN3O6S3/c1-27-15-9-8-13(24)10-17(15)35-23(27)26-19(29)12-36(31,32)11-18(28)25-21-20(22(30)33-2)14-6-4-3-5-7-16(14)34-21/h8-10H,3-7,11-12H2,1-2H3,(H,25,28). The second-order valence-electron chi connectivity index (χ2n) is 8.40. The number of fused-ring (bicyclic) bond motifs is 2. The molecule has 0 bridgehead atoms. The summed E-state index contributed by atoms with van der Waals surface area (Å²) in [6.07, 6.45) is 4.46. The number of carbonyl (C=O) groups excluding carboxylic acids is 3. The number of nitrogens with one attached hydrogen (secondary N) is 1. The number of sulfone groups is 1. The maximum atomic E-state index is 12.6. The molecular weight excluding hydrogens is 590 g/mol. The number of rotatable bonds is 6. The number of anilines is 1. The number of halogens is 1. The molecule has 0 radical (unpaired) electrons. The zero-order chi connectivity index (χ0) is 26.0. The number of hydrogen-bond acceptors (Lipinski definition) is 8. The van der Waals surface area contributed by atoms with E-state index in [9.17, 15) is 22.8 Å². The van der Waals surface area contributed by atoms with Crippen LogP contribution in [-0.4, -0.2) is 49.4 Å². The van der Waals surface area contributed by atoms with E-state index in [4.69, 9.17) is 4.74 Å². The number of methoxy groups -OCH3 is 1. The van der Waals surface area contributed by atoms with Crippen LogP contribution in [0.1, 0.15) is 40.1 Å². The topological polar surface area (TPSA) is 124 Å². The summed E-state index contributed by atoms with van der Waals surface area (Å²) in [6, 6.07) is 5.62. The summed E-state index contributed by atoms with van der Waals surface area (Å²) < 4.78 is 33.6. The molecular formula is C23H24BrN3O6S3. The van der Waals surface area contributed by atoms with Gasteiger partial charge in [0.1, 0.15) is 16.5 Å². The third-order valence-corrected chi connectivity index (χ3v) is 9.93. The predicted octanol–water partition coefficient (Wildman–Crippen LogP) is 3.60. The molecule has 1 aliphatic rings. The fraction of sp³-hybridized carbons (Fsp3) is 0.391. The van der Waals surface area contributed by atoms with Crippen molar-refractivity contribution in [3.8, 4) is 0 Å². The molecule has 2 amide bonds. The molecule has 2 heterocycles. The number of thiophene rings is 1. The lowest BCUT2D eigenvalue weighted by molar-refractivity contribution is -0.115. The monoisotopic (exact) mass is 613 g/mol. The molecule has 2 aromatic heterocycles. The third-order valence-electron chi connectivity index (χ3n) is 5.75. The molecule has 1 aromatic carbocycles. The van der Waals surface area contributed by atoms with Gasteiger partial charge in [-0.05, 0) is 49.4 Å². The highest BCUT2D eigenvalue weighted by molar-refractivity contribution is 9.10. The Morgan fingerprint density at radius 3 is 2.64 bits per heavy atom. The van der Waals surface area contributed by atoms with E-state index in [2.05, 4.69) is 26.2 Å². The van der Waals surface area contributed by atoms with Crippen LogP contribution < -0.4 is 10.1 Å². The lowest BCUT2D eigenvalue weighted by Crippen LogP contribution is -2.28. The quantitative estimate of drug-likeness (QED) is 0.335. The fourth-order valence-electron chi connectivity index (χ4n) is 4.10. The highest BCUT2D eigenvalue weighted by atomic mass is 79.9. The van der Waals surface area contributed by atoms with Gasteiger partial charge in [-0.3, -0.25) is 9.59 Å². The molecule has 0 aliphatic heterocycles. The van der Waals surface area contributed by atoms with E-state index < -0.39 is 39.1 Å². The number of amides is 2. The van der Waals surface area contributed by atoms with Crippen LogP contribution in [0.3, 0.4) is 0 Å². The van der Waals surface area contributed by atoms with Crippen LogP contribution >= 0.6 is 38.6 Å². The normalized spacial score (nSPS) is 14.4. The number of benzene rings is 1. The maximum absolute atomic E-state index is 12.6. The summed E-state index contributed by atoms with van der Waals surface area (Å²) in [5.74, 6) is -4.04. The van der Waals surface area contributed by atoms with Gasteiger partial charge < -0.3 is 14.6 Å². The summed E-state index contributed by atoms with van der Waals surface area (Å²) in [4.78, 5) is 42.8. The Hall–Kier alpha value is -2.35. The van der Waals surface area contributed by atoms with Crippen molar-refractivity contribution < 1.29 is 27.5 Å². The van der Waals surface area contributed by atoms with Crippen molar-refractivity contribution in [1.29, 1.82) is 0 Å². The van der Waals surface area contributed by atoms with Crippen molar-refractivity contribution in [3.05, 3.63) is 43.5 Å². The number of esters is 1. The van der Waals surface area contributed by atoms with E-state index in [1.54, 1.807) is 11.6 Å². The number of ether oxygens (including phenoxy) is 1. The molecule has 0 unspecified atom stereocenters. The first-order valence-corrected chi connectivity index (χ1v) is 15.4. The second-order valence-corrected chi connectivity index (χ2v) is 13.5. The van der Waals surface area contributed by atoms with Crippen molar-refractivity contribution >= 4 is 81.4 Å². The molecule has 0 saturated heterocycles. The first kappa shape index (κ1) is 26.7. The molecule has 9 nitrogen and oxygen atoms in total. The summed E-state index contributed by atoms with van der Waals surface area (Å²) >= 11 is 5.93. The number of hydrogen-bond donors (Lipinski definition) is 1. The van der Waals surface area contributed by atoms with Gasteiger partial charge in [0.25, 0.3) is 5.91 Å². The Labute approximate surface area is 224 Å². The van der Waals surface area contributed by atoms with Crippen molar-refractivity contribution in [2.24, 2.45) is 12.0 Å². The van der Waals surface area contributed by atoms with Crippen LogP contribution in [0, 0.1) is 0 Å². The van der Waals surface area contributed by atoms with Gasteiger partial charge in [-0.25, -0.2) is 13.2 Å². The third kappa shape index (κ3) is 5.96. The molecule has 0 spiro atoms. The lowest BCUT2D eigenvalue weighted by Gasteiger charge is -2.07. The minimum absolute atomic E-state index is 0.286. The van der Waals surface area contributed by atoms with Crippen LogP contribution in [-0.2, 0) is 44.1 Å². The van der Waals surface area contributed by atoms with E-state index in [-0.39, 0.29) is 5.00 Å². The smallest absolute Gasteiger partial charge is 0.341 e. The minimum atomic E-state index is -4.10. The molecule has 1 N–H and O–H groups in total. The van der Waals surface area contributed by atoms with Gasteiger partial charge in [0.2, 0.25) is 5.91 Å². The van der Waals surface area contributed by atoms with Crippen LogP contribution in [0.2, 0.25) is 0 Å². The highest BCUT2D eigenvalue weighted by Crippen LogP contribution is 2.38. The Morgan fingerprint density at radius 2 is 1.89 bits per heavy atom. The van der Waals surface area contributed by atoms with Crippen molar-refractivity contribution in [2.75, 3.05) is 23.9 Å². The lowest BCUT2D eigenvalue weighted by atomic mass is 10.1. The average molecular weight is 615 g/mol. The van der Waals surface area contributed by atoms with Gasteiger partial charge in [-0.1, -0.05) is 33.7 Å². The molecule has 0 fully saturated rings. The summed E-state index contributed by atoms with van der Waals surface area (Å²) in [6.45, 7) is 0. The van der Waals surface area contributed by atoms with E-state index >= 15 is 0 Å². The summed E-state index contributed by atoms with van der Waals surface area (Å²) in [5.41, 5.74) is 2.01. The van der Waals surface area contributed by atoms with Crippen molar-refractivity contribution in [3.63, 3.8) is 0 Å². The van der Waals surface area contributed by atoms with Crippen molar-refractivity contribution in [2.45, 2.75) is 32.1 Å². The highest BCUT2D eigenvalue weighted by Gasteiger charge is 2.28. The number of nitrogens with zero attached hydrogens (tertiary/aromatic N) is 2. The van der Waals surface area contributed by atoms with E-state index in [1.165, 1.54) is 29.8 Å². The number of aryl methyl sites for hydroxylation is 2. The van der Waals surface area contributed by atoms with Crippen molar-refractivity contribution in [1.82, 2.24) is 4.57 Å². The molecule has 0 atom stereocenters. The fourth-order valence-corrected chi connectivity index (χ4v) is 8.00. The molecule has 3 aromatic rings. The first-order valence-electron chi connectivity index (χ1n) is 11.1. The summed E-state index contributed by atoms with van der Waals surface area (Å²) in [5, 5.41) is 2.85. The van der Waals surface area contributed by atoms with Gasteiger partial charge in [0.15, 0.2) is 14.6 Å². The number of aromatic nitrogens is 1. The van der Waals surface area contributed by atoms with Crippen LogP contribution in [0.25, 0.3) is 10.2 Å². The molecule has 0 saturated carbocycles. The molecule has 4 rings (SSSR count). The molecule has 1 aliphatic carbocycles. The van der Waals surface area contributed by atoms with Crippen LogP contribution in [0.4, 0.5) is 5.00 Å². The SMILES string of the molecule is COC(=O)c1c(NC(=O)CS(=O)(=O)CC(=O)N=c2sc3cc(Br)ccc3n2C)sc2c1CCCCC2. The van der Waals surface area contributed by atoms with E-state index in [0.717, 1.165) is 50.8 Å². The van der Waals surface area contributed by atoms with E-state index in [0.29, 0.717) is 16.8 Å². The Kier molecular flexibility index (Phi) is 8.12. The van der Waals surface area contributed by atoms with Gasteiger partial charge in [0, 0.05) is 16.4 Å². The van der Waals surface area contributed by atoms with Gasteiger partial charge in [-0.15, -0.1) is 11.3 Å². The van der Waals surface area contributed by atoms with E-state index in [1.807, 2.05) is 18.2 Å². The predicted molar refractivity (Wildman–Crippen MR) is 143 cm³/mol. The Bertz CT molecular complexity index is 1530. The Morgan fingerprint density at radius 1 is 1.14 bits per heavy atom. The summed E-state index contributed by atoms with van der Waals surface area (Å²) in [7, 11) is -1.09. The van der Waals surface area contributed by atoms with Gasteiger partial charge >= 0.3 is 5.97 Å². The van der Waals surface area contributed by atoms with Crippen LogP contribution in [0.5, 0.6) is 0 Å². The van der Waals surface area contributed by atoms with Gasteiger partial charge in [0.05, 0.1) is 22.9 Å². The maximum Gasteiger partial charge on any atom is 0.341 e. The largest absolute Gasteiger partial charge is 0.465 e. The second kappa shape index (κ2) is 11.0. The molecule has 36 heavy (non-hydrogen) atoms. The van der Waals surface area contributed by atoms with Gasteiger partial charge in [-0.2, -0.15) is 4.99 Å². The molecule has 13 heteroatoms. The zero-order valence-corrected chi connectivity index (χ0v) is 23.7. The average Bonchev–Trinajstić information content (AvgIpc) is 3.17. The Balaban J connectivity index is 1.49. The number of carbonyl (C=O) groups is 3.